The maximum absolute atomic E-state index is 12.8. The zero-order valence-corrected chi connectivity index (χ0v) is 14.9. The average molecular weight is 341 g/mol. The van der Waals surface area contributed by atoms with E-state index in [1.54, 1.807) is 32.4 Å². The van der Waals surface area contributed by atoms with Crippen molar-refractivity contribution in [2.75, 3.05) is 27.3 Å². The molecular weight excluding hydrogens is 314 g/mol. The number of nitrogens with zero attached hydrogens (tertiary/aromatic N) is 1. The fraction of sp³-hybridized carbons (Fsp3) is 0.647. The maximum atomic E-state index is 12.8. The Morgan fingerprint density at radius 1 is 1.04 bits per heavy atom. The first-order valence-electron chi connectivity index (χ1n) is 8.33. The summed E-state index contributed by atoms with van der Waals surface area (Å²) in [6.45, 7) is 1.06. The van der Waals surface area contributed by atoms with E-state index in [1.165, 1.54) is 23.6 Å². The normalized spacial score (nSPS) is 20.8. The molecule has 1 aliphatic rings. The third-order valence-electron chi connectivity index (χ3n) is 4.21. The number of hydrogen-bond acceptors (Lipinski definition) is 4. The molecule has 1 heterocycles. The highest BCUT2D eigenvalue weighted by Crippen LogP contribution is 2.31. The van der Waals surface area contributed by atoms with Gasteiger partial charge in [0.25, 0.3) is 0 Å². The molecule has 130 valence electrons. The first-order chi connectivity index (χ1) is 11.1. The van der Waals surface area contributed by atoms with Crippen LogP contribution < -0.4 is 9.47 Å². The third kappa shape index (κ3) is 4.85. The fourth-order valence-electron chi connectivity index (χ4n) is 2.73. The molecule has 0 bridgehead atoms. The highest BCUT2D eigenvalue weighted by Gasteiger charge is 2.25. The summed E-state index contributed by atoms with van der Waals surface area (Å²) in [6.07, 6.45) is 7.61. The molecule has 5 nitrogen and oxygen atoms in total. The zero-order chi connectivity index (χ0) is 16.7. The van der Waals surface area contributed by atoms with Crippen molar-refractivity contribution >= 4 is 10.0 Å². The van der Waals surface area contributed by atoms with Crippen LogP contribution in [0, 0.1) is 0 Å². The predicted molar refractivity (Wildman–Crippen MR) is 90.6 cm³/mol. The Labute approximate surface area is 139 Å². The molecule has 1 aliphatic heterocycles. The number of benzene rings is 1. The van der Waals surface area contributed by atoms with Crippen molar-refractivity contribution < 1.29 is 17.9 Å². The number of methoxy groups -OCH3 is 1. The van der Waals surface area contributed by atoms with Crippen LogP contribution in [0.15, 0.2) is 23.1 Å². The van der Waals surface area contributed by atoms with E-state index in [1.807, 2.05) is 0 Å². The van der Waals surface area contributed by atoms with Gasteiger partial charge in [0.05, 0.1) is 13.7 Å². The second-order valence-corrected chi connectivity index (χ2v) is 7.98. The molecule has 0 spiro atoms. The summed E-state index contributed by atoms with van der Waals surface area (Å²) in [7, 11) is -0.346. The molecule has 1 aromatic carbocycles. The van der Waals surface area contributed by atoms with Crippen molar-refractivity contribution in [3.05, 3.63) is 18.2 Å². The van der Waals surface area contributed by atoms with Crippen molar-refractivity contribution in [3.8, 4) is 11.5 Å². The Bertz CT molecular complexity index is 601. The van der Waals surface area contributed by atoms with Crippen LogP contribution in [0.4, 0.5) is 0 Å². The zero-order valence-electron chi connectivity index (χ0n) is 14.1. The average Bonchev–Trinajstić information content (AvgIpc) is 2.55. The molecule has 0 saturated carbocycles. The smallest absolute Gasteiger partial charge is 0.246 e. The van der Waals surface area contributed by atoms with E-state index in [-0.39, 0.29) is 4.90 Å². The maximum Gasteiger partial charge on any atom is 0.246 e. The van der Waals surface area contributed by atoms with Gasteiger partial charge in [0.1, 0.15) is 16.4 Å². The molecule has 23 heavy (non-hydrogen) atoms. The molecule has 0 saturated heterocycles. The summed E-state index contributed by atoms with van der Waals surface area (Å²) in [5.74, 6) is 0.982. The molecule has 0 atom stereocenters. The first kappa shape index (κ1) is 18.1. The van der Waals surface area contributed by atoms with Crippen LogP contribution in [0.2, 0.25) is 0 Å². The third-order valence-corrected chi connectivity index (χ3v) is 6.11. The van der Waals surface area contributed by atoms with Crippen molar-refractivity contribution in [2.45, 2.75) is 49.8 Å². The number of hydrogen-bond donors (Lipinski definition) is 0. The molecule has 0 fully saturated rings. The van der Waals surface area contributed by atoms with E-state index in [0.29, 0.717) is 24.7 Å². The number of ether oxygens (including phenoxy) is 2. The number of sulfonamides is 1. The minimum atomic E-state index is -3.54. The Morgan fingerprint density at radius 2 is 1.70 bits per heavy atom. The molecule has 2 rings (SSSR count). The lowest BCUT2D eigenvalue weighted by molar-refractivity contribution is 0.293. The molecular formula is C17H27NO4S. The Morgan fingerprint density at radius 3 is 2.39 bits per heavy atom. The van der Waals surface area contributed by atoms with Crippen molar-refractivity contribution in [2.24, 2.45) is 0 Å². The van der Waals surface area contributed by atoms with Gasteiger partial charge in [0, 0.05) is 19.7 Å². The molecule has 0 radical (unpaired) electrons. The topological polar surface area (TPSA) is 55.8 Å². The molecule has 0 N–H and O–H groups in total. The lowest BCUT2D eigenvalue weighted by Gasteiger charge is -2.20. The van der Waals surface area contributed by atoms with Gasteiger partial charge in [-0.05, 0) is 25.0 Å². The second-order valence-electron chi connectivity index (χ2n) is 5.96. The van der Waals surface area contributed by atoms with Gasteiger partial charge >= 0.3 is 0 Å². The standard InChI is InChI=1S/C17H27NO4S/c1-18-12-8-6-4-3-5-7-9-13-22-16-14-15(21-2)10-11-17(16)23(18,19)20/h10-11,14H,3-9,12-13H2,1-2H3. The van der Waals surface area contributed by atoms with Gasteiger partial charge in [-0.15, -0.1) is 0 Å². The van der Waals surface area contributed by atoms with Gasteiger partial charge in [-0.2, -0.15) is 0 Å². The summed E-state index contributed by atoms with van der Waals surface area (Å²) in [5.41, 5.74) is 0. The van der Waals surface area contributed by atoms with Gasteiger partial charge < -0.3 is 9.47 Å². The highest BCUT2D eigenvalue weighted by molar-refractivity contribution is 7.89. The monoisotopic (exact) mass is 341 g/mol. The van der Waals surface area contributed by atoms with Crippen LogP contribution in [0.5, 0.6) is 11.5 Å². The summed E-state index contributed by atoms with van der Waals surface area (Å²) in [4.78, 5) is 0.220. The van der Waals surface area contributed by atoms with Gasteiger partial charge in [-0.1, -0.05) is 32.1 Å². The van der Waals surface area contributed by atoms with Gasteiger partial charge in [-0.3, -0.25) is 0 Å². The van der Waals surface area contributed by atoms with Crippen molar-refractivity contribution in [1.29, 1.82) is 0 Å². The molecule has 6 heteroatoms. The SMILES string of the molecule is COc1ccc2c(c1)OCCCCCCCCCN(C)S2(=O)=O. The van der Waals surface area contributed by atoms with Crippen LogP contribution in [0.3, 0.4) is 0 Å². The molecule has 0 amide bonds. The van der Waals surface area contributed by atoms with Gasteiger partial charge in [-0.25, -0.2) is 12.7 Å². The molecule has 0 unspecified atom stereocenters. The van der Waals surface area contributed by atoms with E-state index >= 15 is 0 Å². The Balaban J connectivity index is 2.30. The van der Waals surface area contributed by atoms with E-state index in [9.17, 15) is 8.42 Å². The number of rotatable bonds is 1. The highest BCUT2D eigenvalue weighted by atomic mass is 32.2. The summed E-state index contributed by atoms with van der Waals surface area (Å²) in [5, 5.41) is 0. The largest absolute Gasteiger partial charge is 0.497 e. The van der Waals surface area contributed by atoms with E-state index in [4.69, 9.17) is 9.47 Å². The summed E-state index contributed by atoms with van der Waals surface area (Å²) < 4.78 is 38.0. The van der Waals surface area contributed by atoms with E-state index in [2.05, 4.69) is 0 Å². The minimum Gasteiger partial charge on any atom is -0.497 e. The van der Waals surface area contributed by atoms with Crippen molar-refractivity contribution in [3.63, 3.8) is 0 Å². The first-order valence-corrected chi connectivity index (χ1v) is 9.77. The fourth-order valence-corrected chi connectivity index (χ4v) is 4.05. The van der Waals surface area contributed by atoms with Crippen LogP contribution in [0.1, 0.15) is 44.9 Å². The molecule has 0 aliphatic carbocycles. The van der Waals surface area contributed by atoms with Gasteiger partial charge in [0.2, 0.25) is 10.0 Å². The molecule has 0 aromatic heterocycles. The summed E-state index contributed by atoms with van der Waals surface area (Å²) in [6, 6.07) is 4.90. The predicted octanol–water partition coefficient (Wildman–Crippen LogP) is 3.44. The van der Waals surface area contributed by atoms with Crippen molar-refractivity contribution in [1.82, 2.24) is 4.31 Å². The lowest BCUT2D eigenvalue weighted by atomic mass is 10.1. The van der Waals surface area contributed by atoms with E-state index in [0.717, 1.165) is 25.7 Å². The number of fused-ring (bicyclic) bond motifs is 1. The van der Waals surface area contributed by atoms with E-state index < -0.39 is 10.0 Å². The lowest BCUT2D eigenvalue weighted by Crippen LogP contribution is -2.28. The second kappa shape index (κ2) is 8.55. The summed E-state index contributed by atoms with van der Waals surface area (Å²) >= 11 is 0. The Hall–Kier alpha value is -1.27. The quantitative estimate of drug-likeness (QED) is 0.785. The minimum absolute atomic E-state index is 0.220. The van der Waals surface area contributed by atoms with Gasteiger partial charge in [0.15, 0.2) is 0 Å². The Kier molecular flexibility index (Phi) is 6.72. The van der Waals surface area contributed by atoms with Crippen LogP contribution in [-0.2, 0) is 10.0 Å². The molecule has 1 aromatic rings. The van der Waals surface area contributed by atoms with Crippen LogP contribution >= 0.6 is 0 Å². The van der Waals surface area contributed by atoms with Crippen LogP contribution in [0.25, 0.3) is 0 Å². The van der Waals surface area contributed by atoms with Crippen LogP contribution in [-0.4, -0.2) is 40.0 Å².